The van der Waals surface area contributed by atoms with Crippen molar-refractivity contribution in [3.63, 3.8) is 0 Å². The third kappa shape index (κ3) is 4.95. The van der Waals surface area contributed by atoms with E-state index in [1.165, 1.54) is 6.07 Å². The van der Waals surface area contributed by atoms with Gasteiger partial charge < -0.3 is 58.7 Å². The summed E-state index contributed by atoms with van der Waals surface area (Å²) in [5.41, 5.74) is -2.17. The van der Waals surface area contributed by atoms with Gasteiger partial charge in [0.15, 0.2) is 12.6 Å². The number of benzene rings is 1. The van der Waals surface area contributed by atoms with Crippen LogP contribution in [0.1, 0.15) is 19.4 Å². The second-order valence-corrected chi connectivity index (χ2v) is 10.5. The van der Waals surface area contributed by atoms with Crippen LogP contribution >= 0.6 is 0 Å². The molecule has 2 saturated heterocycles. The lowest BCUT2D eigenvalue weighted by Gasteiger charge is -2.44. The van der Waals surface area contributed by atoms with E-state index in [9.17, 15) is 35.4 Å². The Morgan fingerprint density at radius 2 is 1.84 bits per heavy atom. The zero-order valence-electron chi connectivity index (χ0n) is 20.8. The highest BCUT2D eigenvalue weighted by Crippen LogP contribution is 2.38. The minimum atomic E-state index is -1.89. The minimum Gasteiger partial charge on any atom is -0.487 e. The van der Waals surface area contributed by atoms with Crippen LogP contribution in [0, 0.1) is 0 Å². The van der Waals surface area contributed by atoms with E-state index in [4.69, 9.17) is 28.1 Å². The molecule has 1 aromatic heterocycles. The molecule has 0 aliphatic carbocycles. The van der Waals surface area contributed by atoms with Crippen molar-refractivity contribution in [1.82, 2.24) is 0 Å². The summed E-state index contributed by atoms with van der Waals surface area (Å²) >= 11 is 0. The molecule has 0 spiro atoms. The molecule has 3 aliphatic rings. The lowest BCUT2D eigenvalue weighted by molar-refractivity contribution is -0.335. The Balaban J connectivity index is 1.25. The van der Waals surface area contributed by atoms with Gasteiger partial charge in [-0.15, -0.1) is 0 Å². The van der Waals surface area contributed by atoms with Crippen LogP contribution in [0.25, 0.3) is 11.0 Å². The molecule has 0 unspecified atom stereocenters. The van der Waals surface area contributed by atoms with Gasteiger partial charge in [0, 0.05) is 23.9 Å². The fraction of sp³-hybridized carbons (Fsp3) is 0.640. The second kappa shape index (κ2) is 10.1. The molecule has 38 heavy (non-hydrogen) atoms. The highest BCUT2D eigenvalue weighted by atomic mass is 16.7. The number of rotatable bonds is 7. The maximum atomic E-state index is 11.6. The molecule has 6 N–H and O–H groups in total. The summed E-state index contributed by atoms with van der Waals surface area (Å²) in [4.78, 5) is 11.6. The van der Waals surface area contributed by atoms with Gasteiger partial charge in [-0.2, -0.15) is 0 Å². The maximum Gasteiger partial charge on any atom is 0.336 e. The third-order valence-corrected chi connectivity index (χ3v) is 7.35. The highest BCUT2D eigenvalue weighted by molar-refractivity contribution is 5.79. The normalized spacial score (nSPS) is 37.4. The van der Waals surface area contributed by atoms with Crippen molar-refractivity contribution in [1.29, 1.82) is 0 Å². The summed E-state index contributed by atoms with van der Waals surface area (Å²) < 4.78 is 33.7. The number of hydrogen-bond donors (Lipinski definition) is 6. The molecular weight excluding hydrogens is 508 g/mol. The average molecular weight is 541 g/mol. The van der Waals surface area contributed by atoms with Crippen molar-refractivity contribution in [2.45, 2.75) is 80.7 Å². The highest BCUT2D eigenvalue weighted by Gasteiger charge is 2.51. The van der Waals surface area contributed by atoms with Crippen LogP contribution < -0.4 is 10.4 Å². The van der Waals surface area contributed by atoms with E-state index in [2.05, 4.69) is 0 Å². The lowest BCUT2D eigenvalue weighted by atomic mass is 9.95. The van der Waals surface area contributed by atoms with Crippen molar-refractivity contribution < 1.29 is 58.7 Å². The first-order valence-electron chi connectivity index (χ1n) is 12.3. The molecule has 13 heteroatoms. The van der Waals surface area contributed by atoms with E-state index in [0.717, 1.165) is 10.9 Å². The fourth-order valence-corrected chi connectivity index (χ4v) is 4.85. The molecule has 4 heterocycles. The molecule has 2 aromatic rings. The molecule has 0 bridgehead atoms. The van der Waals surface area contributed by atoms with Crippen molar-refractivity contribution in [2.75, 3.05) is 19.8 Å². The lowest BCUT2D eigenvalue weighted by Crippen LogP contribution is -2.61. The fourth-order valence-electron chi connectivity index (χ4n) is 4.85. The molecule has 9 atom stereocenters. The molecular formula is C25H32O13. The number of hydrogen-bond acceptors (Lipinski definition) is 13. The standard InChI is InChI=1S/C25H32O13/c1-24(2,16-6-12-5-11-3-4-17(27)36-13(11)7-14(12)35-16)38-22-20(30)19(29)18(28)15(37-22)8-33-23-21(31)25(32,9-26)10-34-23/h3-5,7,15-16,18-23,26,28-32H,6,8-10H2,1-2H3/t15-,16-,18-,19+,20-,21+,22+,23-,25-/m1/s1. The van der Waals surface area contributed by atoms with E-state index in [1.54, 1.807) is 26.0 Å². The van der Waals surface area contributed by atoms with Gasteiger partial charge in [0.2, 0.25) is 0 Å². The van der Waals surface area contributed by atoms with Crippen LogP contribution in [0.3, 0.4) is 0 Å². The molecule has 0 radical (unpaired) electrons. The van der Waals surface area contributed by atoms with Gasteiger partial charge in [-0.05, 0) is 31.5 Å². The van der Waals surface area contributed by atoms with Crippen LogP contribution in [0.5, 0.6) is 5.75 Å². The largest absolute Gasteiger partial charge is 0.487 e. The van der Waals surface area contributed by atoms with E-state index in [1.807, 2.05) is 6.07 Å². The topological polar surface area (TPSA) is 198 Å². The van der Waals surface area contributed by atoms with Crippen LogP contribution in [0.2, 0.25) is 0 Å². The Morgan fingerprint density at radius 1 is 1.08 bits per heavy atom. The maximum absolute atomic E-state index is 11.6. The Kier molecular flexibility index (Phi) is 7.28. The molecule has 0 amide bonds. The van der Waals surface area contributed by atoms with Crippen molar-refractivity contribution >= 4 is 11.0 Å². The van der Waals surface area contributed by atoms with Gasteiger partial charge >= 0.3 is 5.63 Å². The van der Waals surface area contributed by atoms with Crippen LogP contribution in [-0.4, -0.2) is 111 Å². The molecule has 2 fully saturated rings. The minimum absolute atomic E-state index is 0.365. The SMILES string of the molecule is CC(C)(O[C@@H]1O[C@H](CO[C@@H]2OC[C@](O)(CO)[C@H]2O)[C@@H](O)[C@H](O)[C@H]1O)[C@H]1Cc2cc3ccc(=O)oc3cc2O1. The first-order chi connectivity index (χ1) is 17.9. The van der Waals surface area contributed by atoms with Gasteiger partial charge in [-0.1, -0.05) is 0 Å². The Bertz CT molecular complexity index is 1210. The zero-order chi connectivity index (χ0) is 27.4. The predicted molar refractivity (Wildman–Crippen MR) is 126 cm³/mol. The monoisotopic (exact) mass is 540 g/mol. The number of fused-ring (bicyclic) bond motifs is 2. The Labute approximate surface area is 216 Å². The van der Waals surface area contributed by atoms with Gasteiger partial charge in [-0.25, -0.2) is 4.79 Å². The third-order valence-electron chi connectivity index (χ3n) is 7.35. The number of ether oxygens (including phenoxy) is 5. The van der Waals surface area contributed by atoms with Crippen LogP contribution in [0.4, 0.5) is 0 Å². The molecule has 13 nitrogen and oxygen atoms in total. The van der Waals surface area contributed by atoms with Crippen molar-refractivity contribution in [3.8, 4) is 5.75 Å². The molecule has 5 rings (SSSR count). The van der Waals surface area contributed by atoms with E-state index in [-0.39, 0.29) is 6.61 Å². The van der Waals surface area contributed by atoms with Crippen molar-refractivity contribution in [2.24, 2.45) is 0 Å². The van der Waals surface area contributed by atoms with Crippen molar-refractivity contribution in [3.05, 3.63) is 40.2 Å². The summed E-state index contributed by atoms with van der Waals surface area (Å²) in [5, 5.41) is 61.7. The quantitative estimate of drug-likeness (QED) is 0.214. The molecule has 0 saturated carbocycles. The average Bonchev–Trinajstić information content (AvgIpc) is 3.43. The van der Waals surface area contributed by atoms with Gasteiger partial charge in [0.05, 0.1) is 19.8 Å². The van der Waals surface area contributed by atoms with Crippen LogP contribution in [0.15, 0.2) is 33.5 Å². The first-order valence-corrected chi connectivity index (χ1v) is 12.3. The van der Waals surface area contributed by atoms with E-state index in [0.29, 0.717) is 17.8 Å². The summed E-state index contributed by atoms with van der Waals surface area (Å²) in [6, 6.07) is 6.50. The number of aliphatic hydroxyl groups excluding tert-OH is 5. The molecule has 210 valence electrons. The summed E-state index contributed by atoms with van der Waals surface area (Å²) in [5.74, 6) is 0.526. The summed E-state index contributed by atoms with van der Waals surface area (Å²) in [6.07, 6.45) is -10.3. The van der Waals surface area contributed by atoms with Gasteiger partial charge in [0.1, 0.15) is 59.2 Å². The van der Waals surface area contributed by atoms with Crippen LogP contribution in [-0.2, 0) is 25.4 Å². The summed E-state index contributed by atoms with van der Waals surface area (Å²) in [7, 11) is 0. The zero-order valence-corrected chi connectivity index (χ0v) is 20.8. The Hall–Kier alpha value is -2.17. The van der Waals surface area contributed by atoms with E-state index >= 15 is 0 Å². The molecule has 3 aliphatic heterocycles. The van der Waals surface area contributed by atoms with Gasteiger partial charge in [-0.3, -0.25) is 0 Å². The van der Waals surface area contributed by atoms with Gasteiger partial charge in [0.25, 0.3) is 0 Å². The molecule has 1 aromatic carbocycles. The first kappa shape index (κ1) is 27.4. The predicted octanol–water partition coefficient (Wildman–Crippen LogP) is -1.84. The summed E-state index contributed by atoms with van der Waals surface area (Å²) in [6.45, 7) is 1.94. The van der Waals surface area contributed by atoms with E-state index < -0.39 is 79.2 Å². The Morgan fingerprint density at radius 3 is 2.55 bits per heavy atom. The second-order valence-electron chi connectivity index (χ2n) is 10.5. The smallest absolute Gasteiger partial charge is 0.336 e. The number of aliphatic hydroxyl groups is 6.